The highest BCUT2D eigenvalue weighted by atomic mass is 16.5. The minimum absolute atomic E-state index is 0.370. The number of hydrogen-bond acceptors (Lipinski definition) is 5. The number of ether oxygens (including phenoxy) is 2. The van der Waals surface area contributed by atoms with Crippen molar-refractivity contribution in [2.45, 2.75) is 26.8 Å². The van der Waals surface area contributed by atoms with Gasteiger partial charge >= 0.3 is 12.0 Å². The van der Waals surface area contributed by atoms with Gasteiger partial charge in [0.15, 0.2) is 6.61 Å². The molecule has 8 heteroatoms. The van der Waals surface area contributed by atoms with Crippen molar-refractivity contribution in [3.05, 3.63) is 35.4 Å². The van der Waals surface area contributed by atoms with E-state index in [2.05, 4.69) is 10.6 Å². The summed E-state index contributed by atoms with van der Waals surface area (Å²) >= 11 is 0. The van der Waals surface area contributed by atoms with Crippen molar-refractivity contribution in [3.8, 4) is 0 Å². The molecule has 1 aromatic carbocycles. The molecule has 0 saturated carbocycles. The molecule has 3 amide bonds. The Bertz CT molecular complexity index is 654. The molecule has 1 aliphatic rings. The van der Waals surface area contributed by atoms with E-state index in [9.17, 15) is 14.4 Å². The first kappa shape index (κ1) is 21.8. The average molecular weight is 392 g/mol. The van der Waals surface area contributed by atoms with E-state index < -0.39 is 24.5 Å². The molecule has 1 aromatic rings. The summed E-state index contributed by atoms with van der Waals surface area (Å²) in [4.78, 5) is 36.8. The van der Waals surface area contributed by atoms with Gasteiger partial charge in [0.1, 0.15) is 19.6 Å². The molecule has 1 fully saturated rings. The van der Waals surface area contributed by atoms with E-state index in [0.717, 1.165) is 44.8 Å². The number of nitrogens with one attached hydrogen (secondary N) is 3. The van der Waals surface area contributed by atoms with Crippen LogP contribution in [0.4, 0.5) is 4.79 Å². The number of morpholine rings is 1. The number of hydrogen-bond donors (Lipinski definition) is 3. The normalized spacial score (nSPS) is 14.5. The van der Waals surface area contributed by atoms with Crippen molar-refractivity contribution in [1.29, 1.82) is 0 Å². The monoisotopic (exact) mass is 392 g/mol. The van der Waals surface area contributed by atoms with Crippen LogP contribution in [0.15, 0.2) is 24.3 Å². The quantitative estimate of drug-likeness (QED) is 0.547. The smallest absolute Gasteiger partial charge is 0.338 e. The van der Waals surface area contributed by atoms with Gasteiger partial charge in [0.2, 0.25) is 0 Å². The minimum Gasteiger partial charge on any atom is -0.452 e. The second-order valence-electron chi connectivity index (χ2n) is 7.30. The van der Waals surface area contributed by atoms with Crippen LogP contribution in [0.3, 0.4) is 0 Å². The molecule has 2 rings (SSSR count). The fourth-order valence-corrected chi connectivity index (χ4v) is 2.78. The lowest BCUT2D eigenvalue weighted by molar-refractivity contribution is -0.921. The number of imide groups is 1. The van der Waals surface area contributed by atoms with E-state index in [1.54, 1.807) is 12.1 Å². The molecule has 0 bridgehead atoms. The third-order valence-corrected chi connectivity index (χ3v) is 4.44. The van der Waals surface area contributed by atoms with Crippen LogP contribution in [0, 0.1) is 5.92 Å². The fraction of sp³-hybridized carbons (Fsp3) is 0.550. The summed E-state index contributed by atoms with van der Waals surface area (Å²) in [5.41, 5.74) is 1.50. The first-order valence-corrected chi connectivity index (χ1v) is 9.69. The molecule has 1 aliphatic heterocycles. The number of carbonyl (C=O) groups excluding carboxylic acids is 3. The third-order valence-electron chi connectivity index (χ3n) is 4.44. The zero-order chi connectivity index (χ0) is 20.4. The lowest BCUT2D eigenvalue weighted by Gasteiger charge is -2.23. The summed E-state index contributed by atoms with van der Waals surface area (Å²) in [5.74, 6) is -0.804. The van der Waals surface area contributed by atoms with Crippen molar-refractivity contribution in [3.63, 3.8) is 0 Å². The van der Waals surface area contributed by atoms with Gasteiger partial charge in [0.05, 0.1) is 18.8 Å². The highest BCUT2D eigenvalue weighted by molar-refractivity contribution is 5.97. The molecule has 0 aromatic heterocycles. The number of esters is 1. The van der Waals surface area contributed by atoms with Crippen LogP contribution in [-0.4, -0.2) is 57.4 Å². The fourth-order valence-electron chi connectivity index (χ4n) is 2.78. The van der Waals surface area contributed by atoms with Crippen molar-refractivity contribution in [1.82, 2.24) is 10.6 Å². The van der Waals surface area contributed by atoms with Crippen LogP contribution in [0.25, 0.3) is 0 Å². The third kappa shape index (κ3) is 8.06. The molecule has 0 atom stereocenters. The Labute approximate surface area is 165 Å². The van der Waals surface area contributed by atoms with Crippen LogP contribution < -0.4 is 15.5 Å². The van der Waals surface area contributed by atoms with Gasteiger partial charge < -0.3 is 19.7 Å². The van der Waals surface area contributed by atoms with Gasteiger partial charge in [-0.3, -0.25) is 10.1 Å². The number of carbonyl (C=O) groups is 3. The largest absolute Gasteiger partial charge is 0.452 e. The predicted molar refractivity (Wildman–Crippen MR) is 103 cm³/mol. The van der Waals surface area contributed by atoms with Crippen LogP contribution in [0.2, 0.25) is 0 Å². The maximum absolute atomic E-state index is 12.1. The maximum atomic E-state index is 12.1. The first-order chi connectivity index (χ1) is 13.4. The molecular weight excluding hydrogens is 362 g/mol. The maximum Gasteiger partial charge on any atom is 0.338 e. The summed E-state index contributed by atoms with van der Waals surface area (Å²) in [6.45, 7) is 8.45. The zero-order valence-corrected chi connectivity index (χ0v) is 16.6. The molecule has 8 nitrogen and oxygen atoms in total. The van der Waals surface area contributed by atoms with Gasteiger partial charge in [-0.25, -0.2) is 9.59 Å². The van der Waals surface area contributed by atoms with Gasteiger partial charge in [0, 0.05) is 12.1 Å². The van der Waals surface area contributed by atoms with E-state index in [0.29, 0.717) is 18.0 Å². The predicted octanol–water partition coefficient (Wildman–Crippen LogP) is 0.130. The van der Waals surface area contributed by atoms with Crippen molar-refractivity contribution in [2.75, 3.05) is 39.5 Å². The molecule has 1 heterocycles. The highest BCUT2D eigenvalue weighted by Gasteiger charge is 2.15. The lowest BCUT2D eigenvalue weighted by Crippen LogP contribution is -3.12. The Morgan fingerprint density at radius 1 is 1.14 bits per heavy atom. The Morgan fingerprint density at radius 3 is 2.46 bits per heavy atom. The number of amides is 3. The van der Waals surface area contributed by atoms with E-state index in [1.807, 2.05) is 26.0 Å². The van der Waals surface area contributed by atoms with Crippen molar-refractivity contribution < 1.29 is 28.8 Å². The number of benzene rings is 1. The minimum atomic E-state index is -0.664. The second kappa shape index (κ2) is 11.4. The molecule has 0 spiro atoms. The first-order valence-electron chi connectivity index (χ1n) is 9.69. The summed E-state index contributed by atoms with van der Waals surface area (Å²) in [7, 11) is 0. The molecule has 28 heavy (non-hydrogen) atoms. The lowest BCUT2D eigenvalue weighted by atomic mass is 10.1. The zero-order valence-electron chi connectivity index (χ0n) is 16.6. The summed E-state index contributed by atoms with van der Waals surface area (Å²) in [5, 5.41) is 4.72. The SMILES string of the molecule is CC(C)CCNC(=O)NC(=O)COC(=O)c1ccc(C[NH+]2CCOCC2)cc1. The number of rotatable bonds is 8. The van der Waals surface area contributed by atoms with Gasteiger partial charge in [-0.2, -0.15) is 0 Å². The number of quaternary nitrogens is 1. The Hall–Kier alpha value is -2.45. The molecule has 0 unspecified atom stereocenters. The molecule has 3 N–H and O–H groups in total. The Balaban J connectivity index is 1.70. The molecule has 154 valence electrons. The van der Waals surface area contributed by atoms with Crippen LogP contribution in [0.5, 0.6) is 0 Å². The summed E-state index contributed by atoms with van der Waals surface area (Å²) in [6, 6.07) is 6.57. The topological polar surface area (TPSA) is 98.2 Å². The van der Waals surface area contributed by atoms with Crippen LogP contribution >= 0.6 is 0 Å². The van der Waals surface area contributed by atoms with Gasteiger partial charge in [-0.05, 0) is 24.5 Å². The van der Waals surface area contributed by atoms with Crippen LogP contribution in [-0.2, 0) is 20.8 Å². The van der Waals surface area contributed by atoms with Gasteiger partial charge in [0.25, 0.3) is 5.91 Å². The van der Waals surface area contributed by atoms with Gasteiger partial charge in [-0.15, -0.1) is 0 Å². The Kier molecular flexibility index (Phi) is 8.90. The molecule has 0 radical (unpaired) electrons. The van der Waals surface area contributed by atoms with Crippen LogP contribution in [0.1, 0.15) is 36.2 Å². The van der Waals surface area contributed by atoms with E-state index >= 15 is 0 Å². The number of urea groups is 1. The highest BCUT2D eigenvalue weighted by Crippen LogP contribution is 2.05. The van der Waals surface area contributed by atoms with E-state index in [-0.39, 0.29) is 0 Å². The van der Waals surface area contributed by atoms with E-state index in [4.69, 9.17) is 9.47 Å². The van der Waals surface area contributed by atoms with Crippen molar-refractivity contribution >= 4 is 17.9 Å². The average Bonchev–Trinajstić information content (AvgIpc) is 2.67. The molecular formula is C20H30N3O5+. The summed E-state index contributed by atoms with van der Waals surface area (Å²) < 4.78 is 10.3. The van der Waals surface area contributed by atoms with Crippen molar-refractivity contribution in [2.24, 2.45) is 5.92 Å². The van der Waals surface area contributed by atoms with E-state index in [1.165, 1.54) is 4.90 Å². The van der Waals surface area contributed by atoms with Gasteiger partial charge in [-0.1, -0.05) is 26.0 Å². The molecule has 0 aliphatic carbocycles. The second-order valence-corrected chi connectivity index (χ2v) is 7.30. The Morgan fingerprint density at radius 2 is 1.82 bits per heavy atom. The summed E-state index contributed by atoms with van der Waals surface area (Å²) in [6.07, 6.45) is 0.819. The molecule has 1 saturated heterocycles. The standard InChI is InChI=1S/C20H29N3O5/c1-15(2)7-8-21-20(26)22-18(24)14-28-19(25)17-5-3-16(4-6-17)13-23-9-11-27-12-10-23/h3-6,15H,7-14H2,1-2H3,(H2,21,22,24,26)/p+1.